The van der Waals surface area contributed by atoms with Gasteiger partial charge in [0.25, 0.3) is 11.1 Å². The Morgan fingerprint density at radius 3 is 2.59 bits per heavy atom. The molecule has 1 heterocycles. The maximum atomic E-state index is 12.2. The molecule has 0 bridgehead atoms. The number of thioether (sulfide) groups is 1. The third-order valence-corrected chi connectivity index (χ3v) is 4.77. The molecule has 1 aliphatic rings. The van der Waals surface area contributed by atoms with Crippen LogP contribution in [-0.4, -0.2) is 60.5 Å². The Hall–Kier alpha value is -2.53. The van der Waals surface area contributed by atoms with Crippen molar-refractivity contribution in [2.24, 2.45) is 0 Å². The number of halogens is 1. The van der Waals surface area contributed by atoms with E-state index < -0.39 is 29.6 Å². The van der Waals surface area contributed by atoms with Gasteiger partial charge in [0.15, 0.2) is 18.1 Å². The Morgan fingerprint density at radius 1 is 1.30 bits per heavy atom. The van der Waals surface area contributed by atoms with Crippen LogP contribution in [0.5, 0.6) is 11.5 Å². The van der Waals surface area contributed by atoms with Crippen LogP contribution in [0.4, 0.5) is 4.79 Å². The van der Waals surface area contributed by atoms with E-state index in [1.165, 1.54) is 20.3 Å². The fraction of sp³-hybridized carbons (Fsp3) is 0.250. The number of benzene rings is 1. The minimum absolute atomic E-state index is 0.0819. The number of esters is 1. The van der Waals surface area contributed by atoms with Crippen LogP contribution in [0.3, 0.4) is 0 Å². The molecule has 0 saturated carbocycles. The van der Waals surface area contributed by atoms with Crippen molar-refractivity contribution in [3.8, 4) is 11.5 Å². The summed E-state index contributed by atoms with van der Waals surface area (Å²) in [4.78, 5) is 46.7. The summed E-state index contributed by atoms with van der Waals surface area (Å²) in [5, 5.41) is 8.13. The molecule has 0 radical (unpaired) electrons. The van der Waals surface area contributed by atoms with Crippen molar-refractivity contribution in [2.45, 2.75) is 0 Å². The van der Waals surface area contributed by atoms with Gasteiger partial charge in [-0.15, -0.1) is 0 Å². The minimum Gasteiger partial charge on any atom is -0.493 e. The van der Waals surface area contributed by atoms with Crippen molar-refractivity contribution >= 4 is 56.9 Å². The Balaban J connectivity index is 2.29. The molecule has 0 aromatic heterocycles. The molecule has 0 atom stereocenters. The highest BCUT2D eigenvalue weighted by molar-refractivity contribution is 9.10. The first-order chi connectivity index (χ1) is 12.8. The van der Waals surface area contributed by atoms with E-state index >= 15 is 0 Å². The lowest BCUT2D eigenvalue weighted by molar-refractivity contribution is -0.143. The van der Waals surface area contributed by atoms with Crippen molar-refractivity contribution in [2.75, 3.05) is 27.4 Å². The molecule has 27 heavy (non-hydrogen) atoms. The number of ether oxygens (including phenoxy) is 3. The Kier molecular flexibility index (Phi) is 6.86. The largest absolute Gasteiger partial charge is 0.493 e. The summed E-state index contributed by atoms with van der Waals surface area (Å²) in [6.45, 7) is -1.02. The van der Waals surface area contributed by atoms with Gasteiger partial charge in [-0.2, -0.15) is 0 Å². The minimum atomic E-state index is -1.28. The number of carbonyl (C=O) groups is 4. The predicted molar refractivity (Wildman–Crippen MR) is 98.5 cm³/mol. The zero-order valence-corrected chi connectivity index (χ0v) is 16.6. The molecule has 0 unspecified atom stereocenters. The first-order valence-corrected chi connectivity index (χ1v) is 8.92. The molecular formula is C16H14BrNO8S. The Bertz CT molecular complexity index is 838. The number of hydrogen-bond donors (Lipinski definition) is 1. The molecule has 1 fully saturated rings. The SMILES string of the molecule is COC(=O)COc1c(Br)cc(/C=C2/SC(=O)N(CC(=O)O)C2=O)cc1OC. The number of rotatable bonds is 7. The van der Waals surface area contributed by atoms with Crippen molar-refractivity contribution < 1.29 is 38.5 Å². The van der Waals surface area contributed by atoms with Crippen molar-refractivity contribution in [1.29, 1.82) is 0 Å². The van der Waals surface area contributed by atoms with E-state index in [0.717, 1.165) is 0 Å². The van der Waals surface area contributed by atoms with Gasteiger partial charge in [0.1, 0.15) is 6.54 Å². The Morgan fingerprint density at radius 2 is 2.00 bits per heavy atom. The number of imide groups is 1. The molecule has 1 aliphatic heterocycles. The number of carbonyl (C=O) groups excluding carboxylic acids is 3. The van der Waals surface area contributed by atoms with Gasteiger partial charge in [-0.25, -0.2) is 4.79 Å². The van der Waals surface area contributed by atoms with Crippen molar-refractivity contribution in [3.63, 3.8) is 0 Å². The molecule has 11 heteroatoms. The number of aliphatic carboxylic acids is 1. The van der Waals surface area contributed by atoms with E-state index in [9.17, 15) is 19.2 Å². The van der Waals surface area contributed by atoms with Crippen LogP contribution < -0.4 is 9.47 Å². The zero-order valence-electron chi connectivity index (χ0n) is 14.2. The quantitative estimate of drug-likeness (QED) is 0.482. The van der Waals surface area contributed by atoms with Gasteiger partial charge in [-0.3, -0.25) is 19.3 Å². The van der Waals surface area contributed by atoms with E-state index in [-0.39, 0.29) is 23.0 Å². The van der Waals surface area contributed by atoms with E-state index in [4.69, 9.17) is 14.6 Å². The second-order valence-electron chi connectivity index (χ2n) is 5.06. The number of amides is 2. The van der Waals surface area contributed by atoms with Crippen LogP contribution >= 0.6 is 27.7 Å². The third kappa shape index (κ3) is 5.01. The lowest BCUT2D eigenvalue weighted by Gasteiger charge is -2.13. The third-order valence-electron chi connectivity index (χ3n) is 3.28. The second-order valence-corrected chi connectivity index (χ2v) is 6.91. The average Bonchev–Trinajstić information content (AvgIpc) is 2.87. The standard InChI is InChI=1S/C16H14BrNO8S/c1-24-10-4-8(3-9(17)14(10)26-7-13(21)25-2)5-11-15(22)18(6-12(19)20)16(23)27-11/h3-5H,6-7H2,1-2H3,(H,19,20)/b11-5+. The molecule has 2 rings (SSSR count). The highest BCUT2D eigenvalue weighted by Crippen LogP contribution is 2.39. The van der Waals surface area contributed by atoms with Crippen LogP contribution in [0.25, 0.3) is 6.08 Å². The van der Waals surface area contributed by atoms with Crippen LogP contribution in [0.1, 0.15) is 5.56 Å². The highest BCUT2D eigenvalue weighted by atomic mass is 79.9. The van der Waals surface area contributed by atoms with Gasteiger partial charge in [0, 0.05) is 0 Å². The molecule has 1 saturated heterocycles. The molecule has 144 valence electrons. The Labute approximate surface area is 166 Å². The monoisotopic (exact) mass is 459 g/mol. The van der Waals surface area contributed by atoms with Crippen LogP contribution in [-0.2, 0) is 19.1 Å². The average molecular weight is 460 g/mol. The summed E-state index contributed by atoms with van der Waals surface area (Å²) < 4.78 is 15.6. The molecule has 9 nitrogen and oxygen atoms in total. The number of nitrogens with zero attached hydrogens (tertiary/aromatic N) is 1. The van der Waals surface area contributed by atoms with E-state index in [2.05, 4.69) is 20.7 Å². The van der Waals surface area contributed by atoms with Crippen molar-refractivity contribution in [1.82, 2.24) is 4.90 Å². The normalized spacial score (nSPS) is 15.2. The van der Waals surface area contributed by atoms with Crippen molar-refractivity contribution in [3.05, 3.63) is 27.1 Å². The van der Waals surface area contributed by atoms with Gasteiger partial charge in [0.05, 0.1) is 23.6 Å². The summed E-state index contributed by atoms with van der Waals surface area (Å²) >= 11 is 3.94. The lowest BCUT2D eigenvalue weighted by atomic mass is 10.2. The van der Waals surface area contributed by atoms with E-state index in [1.807, 2.05) is 0 Å². The van der Waals surface area contributed by atoms with Crippen LogP contribution in [0, 0.1) is 0 Å². The predicted octanol–water partition coefficient (Wildman–Crippen LogP) is 2.13. The molecule has 1 aromatic rings. The van der Waals surface area contributed by atoms with Gasteiger partial charge < -0.3 is 19.3 Å². The maximum Gasteiger partial charge on any atom is 0.343 e. The zero-order chi connectivity index (χ0) is 20.1. The summed E-state index contributed by atoms with van der Waals surface area (Å²) in [7, 11) is 2.63. The highest BCUT2D eigenvalue weighted by Gasteiger charge is 2.36. The number of carboxylic acids is 1. The summed E-state index contributed by atoms with van der Waals surface area (Å²) in [5.74, 6) is -1.99. The topological polar surface area (TPSA) is 119 Å². The fourth-order valence-corrected chi connectivity index (χ4v) is 3.49. The summed E-state index contributed by atoms with van der Waals surface area (Å²) in [5.41, 5.74) is 0.505. The smallest absolute Gasteiger partial charge is 0.343 e. The van der Waals surface area contributed by atoms with Crippen LogP contribution in [0.15, 0.2) is 21.5 Å². The molecule has 1 N–H and O–H groups in total. The molecule has 0 spiro atoms. The lowest BCUT2D eigenvalue weighted by Crippen LogP contribution is -2.33. The van der Waals surface area contributed by atoms with Gasteiger partial charge in [-0.05, 0) is 51.5 Å². The maximum absolute atomic E-state index is 12.2. The van der Waals surface area contributed by atoms with Gasteiger partial charge in [0.2, 0.25) is 0 Å². The first-order valence-electron chi connectivity index (χ1n) is 7.31. The van der Waals surface area contributed by atoms with E-state index in [0.29, 0.717) is 26.7 Å². The molecule has 2 amide bonds. The second kappa shape index (κ2) is 8.91. The van der Waals surface area contributed by atoms with Gasteiger partial charge in [-0.1, -0.05) is 0 Å². The summed E-state index contributed by atoms with van der Waals surface area (Å²) in [6, 6.07) is 3.14. The number of hydrogen-bond acceptors (Lipinski definition) is 8. The fourth-order valence-electron chi connectivity index (χ4n) is 2.08. The molecule has 1 aromatic carbocycles. The summed E-state index contributed by atoms with van der Waals surface area (Å²) in [6.07, 6.45) is 1.43. The number of carboxylic acid groups (broad SMARTS) is 1. The molecular weight excluding hydrogens is 446 g/mol. The van der Waals surface area contributed by atoms with Gasteiger partial charge >= 0.3 is 11.9 Å². The van der Waals surface area contributed by atoms with Crippen LogP contribution in [0.2, 0.25) is 0 Å². The molecule has 0 aliphatic carbocycles. The number of methoxy groups -OCH3 is 2. The first kappa shape index (κ1) is 20.8. The van der Waals surface area contributed by atoms with E-state index in [1.54, 1.807) is 12.1 Å².